The standard InChI is InChI=1S/2C13H9.2C13H10.2C9H7.2ClH.2Zr/c2*1-3-7-12-10(5-1)9-11-6-2-4-8-13(11)12;2*1-3-7-12(8-4-1)11-13-9-5-2-6-10-13;2*1-2-5-9-7-3-6-8(9)4-1;;;;/h2*1-9H;2*1-10H;2*1-7H;2*1H;;/q2*-1;;;2*-1;;;2*+2/p-2. The van der Waals surface area contributed by atoms with Gasteiger partial charge >= 0.3 is 198 Å². The number of rotatable bonds is 4. The van der Waals surface area contributed by atoms with Gasteiger partial charge in [-0.25, -0.2) is 0 Å². The Morgan fingerprint density at radius 3 is 0.703 bits per heavy atom. The van der Waals surface area contributed by atoms with Gasteiger partial charge in [-0.15, -0.1) is 139 Å². The molecular weight excluding hydrogens is 1090 g/mol. The zero-order valence-corrected chi connectivity index (χ0v) is 47.2. The average molecular weight is 1150 g/mol. The summed E-state index contributed by atoms with van der Waals surface area (Å²) in [6.07, 6.45) is 0. The van der Waals surface area contributed by atoms with Crippen molar-refractivity contribution in [2.75, 3.05) is 0 Å². The van der Waals surface area contributed by atoms with Gasteiger partial charge in [0.1, 0.15) is 0 Å². The van der Waals surface area contributed by atoms with Crippen molar-refractivity contribution in [3.05, 3.63) is 338 Å². The van der Waals surface area contributed by atoms with Crippen LogP contribution in [0.1, 0.15) is 22.3 Å². The van der Waals surface area contributed by atoms with Gasteiger partial charge in [0.05, 0.1) is 0 Å². The van der Waals surface area contributed by atoms with E-state index in [4.69, 9.17) is 0 Å². The molecule has 0 aliphatic heterocycles. The van der Waals surface area contributed by atoms with E-state index in [9.17, 15) is 0 Å². The fraction of sp³-hybridized carbons (Fsp3) is 0. The minimum Gasteiger partial charge on any atom is -0.168 e. The number of fused-ring (bicyclic) bond motifs is 8. The molecule has 0 spiro atoms. The summed E-state index contributed by atoms with van der Waals surface area (Å²) in [5.74, 6) is 0. The molecule has 0 unspecified atom stereocenters. The normalized spacial score (nSPS) is 10.1. The van der Waals surface area contributed by atoms with Crippen LogP contribution in [-0.2, 0) is 48.5 Å². The SMILES string of the molecule is [Cl-].[Cl-].[Zr+2]=[C](c1ccccc1)c1ccccc1.[Zr+2]=[C](c1ccccc1)c1ccccc1.c1ccc2[cH-]ccc2c1.c1ccc2[cH-]ccc2c1.c1ccc2c(c1)[cH-]c1ccccc12.c1ccc2c(c1)[cH-]c1ccccc12. The van der Waals surface area contributed by atoms with Gasteiger partial charge in [0.25, 0.3) is 0 Å². The first-order chi connectivity index (χ1) is 35.6. The van der Waals surface area contributed by atoms with Gasteiger partial charge in [0.15, 0.2) is 0 Å². The molecule has 0 radical (unpaired) electrons. The van der Waals surface area contributed by atoms with Crippen molar-refractivity contribution < 1.29 is 73.3 Å². The fourth-order valence-electron chi connectivity index (χ4n) is 8.70. The molecule has 0 saturated carbocycles. The van der Waals surface area contributed by atoms with Gasteiger partial charge in [-0.1, -0.05) is 84.9 Å². The van der Waals surface area contributed by atoms with Crippen LogP contribution < -0.4 is 24.8 Å². The van der Waals surface area contributed by atoms with E-state index in [0.29, 0.717) is 0 Å². The van der Waals surface area contributed by atoms with Crippen LogP contribution in [0.25, 0.3) is 64.6 Å². The van der Waals surface area contributed by atoms with Crippen molar-refractivity contribution in [3.63, 3.8) is 0 Å². The second kappa shape index (κ2) is 28.6. The Balaban J connectivity index is 0.000000130. The third kappa shape index (κ3) is 14.7. The van der Waals surface area contributed by atoms with Crippen molar-refractivity contribution >= 4 is 71.0 Å². The van der Waals surface area contributed by atoms with Crippen molar-refractivity contribution in [1.82, 2.24) is 0 Å². The van der Waals surface area contributed by atoms with Gasteiger partial charge in [0.2, 0.25) is 0 Å². The van der Waals surface area contributed by atoms with Crippen LogP contribution in [-0.4, -0.2) is 6.41 Å². The molecule has 4 heteroatoms. The largest absolute Gasteiger partial charge is 0.168 e. The molecule has 14 aromatic carbocycles. The molecule has 0 bridgehead atoms. The van der Waals surface area contributed by atoms with E-state index in [1.54, 1.807) is 0 Å². The average Bonchev–Trinajstić information content (AvgIpc) is 4.30. The molecule has 356 valence electrons. The van der Waals surface area contributed by atoms with Gasteiger partial charge in [-0.05, 0) is 0 Å². The fourth-order valence-corrected chi connectivity index (χ4v) is 10.3. The van der Waals surface area contributed by atoms with E-state index in [1.165, 1.54) is 142 Å². The quantitative estimate of drug-likeness (QED) is 0.154. The molecule has 14 rings (SSSR count). The maximum absolute atomic E-state index is 2.24. The Labute approximate surface area is 477 Å². The molecular formula is C70H52Cl2Zr2-2. The second-order valence-corrected chi connectivity index (χ2v) is 19.6. The van der Waals surface area contributed by atoms with Crippen LogP contribution in [0.2, 0.25) is 0 Å². The smallest absolute Gasteiger partial charge is 0.0771 e. The molecule has 74 heavy (non-hydrogen) atoms. The van der Waals surface area contributed by atoms with Crippen LogP contribution in [0.4, 0.5) is 0 Å². The predicted molar refractivity (Wildman–Crippen MR) is 305 cm³/mol. The Bertz CT molecular complexity index is 3400. The Morgan fingerprint density at radius 2 is 0.446 bits per heavy atom. The molecule has 0 atom stereocenters. The summed E-state index contributed by atoms with van der Waals surface area (Å²) in [6.45, 7) is 0. The second-order valence-electron chi connectivity index (χ2n) is 17.2. The van der Waals surface area contributed by atoms with E-state index in [1.807, 2.05) is 0 Å². The van der Waals surface area contributed by atoms with Crippen LogP contribution in [0.3, 0.4) is 0 Å². The minimum atomic E-state index is 0. The third-order valence-corrected chi connectivity index (χ3v) is 15.2. The van der Waals surface area contributed by atoms with Crippen LogP contribution in [0.15, 0.2) is 315 Å². The summed E-state index contributed by atoms with van der Waals surface area (Å²) in [4.78, 5) is 0. The van der Waals surface area contributed by atoms with Crippen LogP contribution in [0.5, 0.6) is 0 Å². The maximum Gasteiger partial charge on any atom is -0.0771 e. The van der Waals surface area contributed by atoms with E-state index >= 15 is 0 Å². The maximum atomic E-state index is 2.24. The molecule has 0 heterocycles. The summed E-state index contributed by atoms with van der Waals surface area (Å²) in [6, 6.07) is 110. The van der Waals surface area contributed by atoms with E-state index < -0.39 is 0 Å². The first-order valence-electron chi connectivity index (χ1n) is 24.2. The van der Waals surface area contributed by atoms with Gasteiger partial charge in [-0.3, -0.25) is 0 Å². The third-order valence-electron chi connectivity index (χ3n) is 12.4. The Morgan fingerprint density at radius 1 is 0.230 bits per heavy atom. The number of hydrogen-bond donors (Lipinski definition) is 0. The zero-order chi connectivity index (χ0) is 49.2. The van der Waals surface area contributed by atoms with Gasteiger partial charge in [0, 0.05) is 0 Å². The summed E-state index contributed by atoms with van der Waals surface area (Å²) in [5, 5.41) is 16.1. The molecule has 0 N–H and O–H groups in total. The zero-order valence-electron chi connectivity index (χ0n) is 40.8. The topological polar surface area (TPSA) is 0 Å². The molecule has 0 fully saturated rings. The molecule has 0 aromatic heterocycles. The van der Waals surface area contributed by atoms with Crippen molar-refractivity contribution in [2.45, 2.75) is 0 Å². The first-order valence-corrected chi connectivity index (χ1v) is 26.7. The molecule has 0 saturated heterocycles. The van der Waals surface area contributed by atoms with Crippen LogP contribution in [0, 0.1) is 0 Å². The van der Waals surface area contributed by atoms with Gasteiger partial charge in [-0.2, -0.15) is 35.0 Å². The van der Waals surface area contributed by atoms with Crippen LogP contribution >= 0.6 is 0 Å². The Hall–Kier alpha value is -6.75. The Kier molecular flexibility index (Phi) is 21.3. The number of hydrogen-bond acceptors (Lipinski definition) is 0. The van der Waals surface area contributed by atoms with E-state index in [-0.39, 0.29) is 24.8 Å². The molecule has 0 amide bonds. The molecule has 0 aliphatic rings. The van der Waals surface area contributed by atoms with Crippen molar-refractivity contribution in [2.24, 2.45) is 0 Å². The van der Waals surface area contributed by atoms with Crippen molar-refractivity contribution in [1.29, 1.82) is 0 Å². The minimum absolute atomic E-state index is 0. The molecule has 0 aliphatic carbocycles. The van der Waals surface area contributed by atoms with E-state index in [2.05, 4.69) is 315 Å². The van der Waals surface area contributed by atoms with Crippen molar-refractivity contribution in [3.8, 4) is 0 Å². The predicted octanol–water partition coefficient (Wildman–Crippen LogP) is 12.2. The number of halogens is 2. The number of benzene rings is 10. The summed E-state index contributed by atoms with van der Waals surface area (Å²) < 4.78 is 2.83. The summed E-state index contributed by atoms with van der Waals surface area (Å²) in [5.41, 5.74) is 5.32. The molecule has 14 aromatic rings. The summed E-state index contributed by atoms with van der Waals surface area (Å²) >= 11 is 2.92. The monoisotopic (exact) mass is 1140 g/mol. The van der Waals surface area contributed by atoms with E-state index in [0.717, 1.165) is 0 Å². The summed E-state index contributed by atoms with van der Waals surface area (Å²) in [7, 11) is 0. The van der Waals surface area contributed by atoms with Gasteiger partial charge < -0.3 is 24.8 Å². The molecule has 0 nitrogen and oxygen atoms in total. The first kappa shape index (κ1) is 55.0.